The third-order valence-electron chi connectivity index (χ3n) is 2.20. The van der Waals surface area contributed by atoms with Crippen molar-refractivity contribution in [2.75, 3.05) is 22.8 Å². The Kier molecular flexibility index (Phi) is 6.19. The molecule has 0 aliphatic rings. The predicted molar refractivity (Wildman–Crippen MR) is 78.2 cm³/mol. The monoisotopic (exact) mass is 294 g/mol. The van der Waals surface area contributed by atoms with Crippen molar-refractivity contribution in [1.29, 1.82) is 0 Å². The van der Waals surface area contributed by atoms with Gasteiger partial charge in [0.1, 0.15) is 5.82 Å². The Labute approximate surface area is 116 Å². The highest BCUT2D eigenvalue weighted by atomic mass is 35.5. The van der Waals surface area contributed by atoms with Gasteiger partial charge in [0.15, 0.2) is 5.82 Å². The van der Waals surface area contributed by atoms with Gasteiger partial charge in [0.05, 0.1) is 10.0 Å². The molecule has 17 heavy (non-hydrogen) atoms. The molecule has 0 spiro atoms. The maximum atomic E-state index is 6.05. The van der Waals surface area contributed by atoms with Crippen LogP contribution in [0.3, 0.4) is 0 Å². The van der Waals surface area contributed by atoms with Gasteiger partial charge in [-0.2, -0.15) is 11.8 Å². The summed E-state index contributed by atoms with van der Waals surface area (Å²) in [6, 6.07) is 1.91. The summed E-state index contributed by atoms with van der Waals surface area (Å²) >= 11 is 13.8. The van der Waals surface area contributed by atoms with Gasteiger partial charge in [-0.3, -0.25) is 0 Å². The second-order valence-corrected chi connectivity index (χ2v) is 5.42. The zero-order valence-electron chi connectivity index (χ0n) is 9.76. The first kappa shape index (κ1) is 14.7. The van der Waals surface area contributed by atoms with E-state index in [4.69, 9.17) is 29.0 Å². The highest BCUT2D eigenvalue weighted by molar-refractivity contribution is 7.98. The van der Waals surface area contributed by atoms with Gasteiger partial charge in [0, 0.05) is 6.04 Å². The molecule has 0 aromatic carbocycles. The number of thioether (sulfide) groups is 1. The van der Waals surface area contributed by atoms with Gasteiger partial charge in [0.2, 0.25) is 0 Å². The summed E-state index contributed by atoms with van der Waals surface area (Å²) in [5.41, 5.74) is 2.43. The molecule has 0 radical (unpaired) electrons. The maximum Gasteiger partial charge on any atom is 0.161 e. The molecule has 4 N–H and O–H groups in total. The molecule has 0 saturated carbocycles. The fourth-order valence-electron chi connectivity index (χ4n) is 1.27. The van der Waals surface area contributed by atoms with E-state index in [9.17, 15) is 0 Å². The van der Waals surface area contributed by atoms with Crippen LogP contribution < -0.4 is 16.6 Å². The van der Waals surface area contributed by atoms with Gasteiger partial charge < -0.3 is 10.7 Å². The molecular weight excluding hydrogens is 279 g/mol. The summed E-state index contributed by atoms with van der Waals surface area (Å²) in [6.45, 7) is 2.08. The molecule has 96 valence electrons. The molecule has 0 fully saturated rings. The number of halogens is 2. The first-order chi connectivity index (χ1) is 8.08. The van der Waals surface area contributed by atoms with Gasteiger partial charge >= 0.3 is 0 Å². The van der Waals surface area contributed by atoms with E-state index < -0.39 is 0 Å². The van der Waals surface area contributed by atoms with E-state index in [2.05, 4.69) is 28.9 Å². The zero-order chi connectivity index (χ0) is 12.8. The molecule has 7 heteroatoms. The lowest BCUT2D eigenvalue weighted by molar-refractivity contribution is 0.767. The van der Waals surface area contributed by atoms with Crippen LogP contribution in [0.15, 0.2) is 6.07 Å². The van der Waals surface area contributed by atoms with E-state index in [0.717, 1.165) is 12.2 Å². The minimum Gasteiger partial charge on any atom is -0.366 e. The highest BCUT2D eigenvalue weighted by Crippen LogP contribution is 2.29. The van der Waals surface area contributed by atoms with E-state index in [-0.39, 0.29) is 0 Å². The van der Waals surface area contributed by atoms with Gasteiger partial charge in [-0.15, -0.1) is 0 Å². The Bertz CT molecular complexity index is 376. The van der Waals surface area contributed by atoms with Gasteiger partial charge in [0.25, 0.3) is 0 Å². The first-order valence-corrected chi connectivity index (χ1v) is 7.31. The van der Waals surface area contributed by atoms with Gasteiger partial charge in [-0.05, 0) is 31.4 Å². The normalized spacial score (nSPS) is 12.3. The molecule has 1 rings (SSSR count). The van der Waals surface area contributed by atoms with Gasteiger partial charge in [-0.1, -0.05) is 23.2 Å². The van der Waals surface area contributed by atoms with Crippen LogP contribution in [0.25, 0.3) is 0 Å². The summed E-state index contributed by atoms with van der Waals surface area (Å²) in [6.07, 6.45) is 3.11. The Morgan fingerprint density at radius 2 is 2.06 bits per heavy atom. The smallest absolute Gasteiger partial charge is 0.161 e. The second kappa shape index (κ2) is 7.16. The number of rotatable bonds is 6. The van der Waals surface area contributed by atoms with Crippen molar-refractivity contribution in [2.45, 2.75) is 19.4 Å². The van der Waals surface area contributed by atoms with Crippen molar-refractivity contribution in [3.63, 3.8) is 0 Å². The average Bonchev–Trinajstić information content (AvgIpc) is 2.30. The summed E-state index contributed by atoms with van der Waals surface area (Å²) in [5.74, 6) is 7.40. The molecule has 1 unspecified atom stereocenters. The topological polar surface area (TPSA) is 63.0 Å². The minimum atomic E-state index is 0.291. The number of nitrogen functional groups attached to an aromatic ring is 1. The Balaban J connectivity index is 2.76. The van der Waals surface area contributed by atoms with Crippen LogP contribution in [0.1, 0.15) is 13.3 Å². The lowest BCUT2D eigenvalue weighted by Gasteiger charge is -2.16. The summed E-state index contributed by atoms with van der Waals surface area (Å²) in [7, 11) is 0. The van der Waals surface area contributed by atoms with Crippen LogP contribution in [0.5, 0.6) is 0 Å². The Hall–Kier alpha value is -0.360. The van der Waals surface area contributed by atoms with Crippen LogP contribution >= 0.6 is 35.0 Å². The number of aromatic nitrogens is 1. The number of anilines is 2. The maximum absolute atomic E-state index is 6.05. The standard InChI is InChI=1S/C10H16Cl2N4S/c1-6(3-4-17-2)14-9-7(11)5-8(12)10(15-9)16-13/h5-6H,3-4,13H2,1-2H3,(H2,14,15,16). The van der Waals surface area contributed by atoms with Crippen molar-refractivity contribution in [1.82, 2.24) is 4.98 Å². The van der Waals surface area contributed by atoms with Crippen molar-refractivity contribution in [3.05, 3.63) is 16.1 Å². The average molecular weight is 295 g/mol. The number of nitrogens with zero attached hydrogens (tertiary/aromatic N) is 1. The fourth-order valence-corrected chi connectivity index (χ4v) is 2.33. The molecule has 4 nitrogen and oxygen atoms in total. The minimum absolute atomic E-state index is 0.291. The molecule has 1 aromatic heterocycles. The molecule has 1 aromatic rings. The highest BCUT2D eigenvalue weighted by Gasteiger charge is 2.10. The number of hydrazine groups is 1. The molecule has 1 atom stereocenters. The van der Waals surface area contributed by atoms with Crippen LogP contribution in [-0.4, -0.2) is 23.0 Å². The number of nitrogens with one attached hydrogen (secondary N) is 2. The quantitative estimate of drug-likeness (QED) is 0.555. The number of hydrogen-bond acceptors (Lipinski definition) is 5. The van der Waals surface area contributed by atoms with E-state index >= 15 is 0 Å². The number of pyridine rings is 1. The van der Waals surface area contributed by atoms with Crippen LogP contribution in [0.2, 0.25) is 10.0 Å². The van der Waals surface area contributed by atoms with E-state index in [1.165, 1.54) is 0 Å². The van der Waals surface area contributed by atoms with Crippen molar-refractivity contribution in [3.8, 4) is 0 Å². The summed E-state index contributed by atoms with van der Waals surface area (Å²) in [4.78, 5) is 4.22. The largest absolute Gasteiger partial charge is 0.366 e. The van der Waals surface area contributed by atoms with Crippen LogP contribution in [0, 0.1) is 0 Å². The molecule has 0 saturated heterocycles. The van der Waals surface area contributed by atoms with E-state index in [1.54, 1.807) is 6.07 Å². The van der Waals surface area contributed by atoms with E-state index in [0.29, 0.717) is 27.7 Å². The van der Waals surface area contributed by atoms with Gasteiger partial charge in [-0.25, -0.2) is 10.8 Å². The fraction of sp³-hybridized carbons (Fsp3) is 0.500. The first-order valence-electron chi connectivity index (χ1n) is 5.16. The summed E-state index contributed by atoms with van der Waals surface area (Å²) in [5, 5.41) is 4.13. The SMILES string of the molecule is CSCCC(C)Nc1nc(NN)c(Cl)cc1Cl. The third kappa shape index (κ3) is 4.43. The Morgan fingerprint density at radius 3 is 2.65 bits per heavy atom. The number of hydrogen-bond donors (Lipinski definition) is 3. The van der Waals surface area contributed by atoms with E-state index in [1.807, 2.05) is 11.8 Å². The van der Waals surface area contributed by atoms with Crippen molar-refractivity contribution >= 4 is 46.6 Å². The predicted octanol–water partition coefficient (Wildman–Crippen LogP) is 3.23. The van der Waals surface area contributed by atoms with Crippen LogP contribution in [-0.2, 0) is 0 Å². The van der Waals surface area contributed by atoms with Crippen LogP contribution in [0.4, 0.5) is 11.6 Å². The molecule has 0 aliphatic carbocycles. The summed E-state index contributed by atoms with van der Waals surface area (Å²) < 4.78 is 0. The molecule has 0 aliphatic heterocycles. The molecular formula is C10H16Cl2N4S. The van der Waals surface area contributed by atoms with Crippen molar-refractivity contribution < 1.29 is 0 Å². The lowest BCUT2D eigenvalue weighted by atomic mass is 10.2. The molecule has 1 heterocycles. The third-order valence-corrected chi connectivity index (χ3v) is 3.42. The zero-order valence-corrected chi connectivity index (χ0v) is 12.1. The molecule has 0 amide bonds. The lowest BCUT2D eigenvalue weighted by Crippen LogP contribution is -2.18. The Morgan fingerprint density at radius 1 is 1.41 bits per heavy atom. The molecule has 0 bridgehead atoms. The van der Waals surface area contributed by atoms with Crippen molar-refractivity contribution in [2.24, 2.45) is 5.84 Å². The second-order valence-electron chi connectivity index (χ2n) is 3.62. The number of nitrogens with two attached hydrogens (primary N) is 1.